The fourth-order valence-corrected chi connectivity index (χ4v) is 1.83. The van der Waals surface area contributed by atoms with Crippen LogP contribution >= 0.6 is 0 Å². The van der Waals surface area contributed by atoms with Crippen LogP contribution in [-0.4, -0.2) is 26.3 Å². The number of carbonyl (C=O) groups excluding carboxylic acids is 1. The molecule has 0 saturated carbocycles. The van der Waals surface area contributed by atoms with E-state index in [1.165, 1.54) is 32.4 Å². The first-order valence-corrected chi connectivity index (χ1v) is 6.56. The Kier molecular flexibility index (Phi) is 5.24. The van der Waals surface area contributed by atoms with E-state index in [1.54, 1.807) is 6.07 Å². The van der Waals surface area contributed by atoms with Crippen LogP contribution < -0.4 is 14.9 Å². The topological polar surface area (TPSA) is 59.9 Å². The number of hydrogen-bond donors (Lipinski definition) is 1. The van der Waals surface area contributed by atoms with Crippen molar-refractivity contribution in [3.63, 3.8) is 0 Å². The quantitative estimate of drug-likeness (QED) is 0.681. The second-order valence-electron chi connectivity index (χ2n) is 4.40. The summed E-state index contributed by atoms with van der Waals surface area (Å²) in [7, 11) is 2.92. The fraction of sp³-hybridized carbons (Fsp3) is 0.125. The maximum Gasteiger partial charge on any atom is 0.271 e. The molecule has 0 aliphatic carbocycles. The number of ether oxygens (including phenoxy) is 2. The molecule has 0 aromatic heterocycles. The Hall–Kier alpha value is -2.96. The number of hydrogen-bond acceptors (Lipinski definition) is 4. The molecule has 0 unspecified atom stereocenters. The zero-order valence-corrected chi connectivity index (χ0v) is 12.5. The summed E-state index contributed by atoms with van der Waals surface area (Å²) >= 11 is 0. The van der Waals surface area contributed by atoms with Gasteiger partial charge in [-0.15, -0.1) is 0 Å². The molecule has 0 atom stereocenters. The predicted octanol–water partition coefficient (Wildman–Crippen LogP) is 2.75. The summed E-state index contributed by atoms with van der Waals surface area (Å²) in [6.07, 6.45) is 0.906. The van der Waals surface area contributed by atoms with Gasteiger partial charge < -0.3 is 9.47 Å². The van der Waals surface area contributed by atoms with Crippen molar-refractivity contribution in [2.75, 3.05) is 14.2 Å². The molecule has 0 heterocycles. The molecule has 0 fully saturated rings. The monoisotopic (exact) mass is 320 g/mol. The summed E-state index contributed by atoms with van der Waals surface area (Å²) in [6, 6.07) is 7.97. The zero-order chi connectivity index (χ0) is 16.8. The highest BCUT2D eigenvalue weighted by molar-refractivity contribution is 5.95. The molecule has 7 heteroatoms. The van der Waals surface area contributed by atoms with Crippen LogP contribution in [0.1, 0.15) is 15.9 Å². The minimum atomic E-state index is -0.769. The second kappa shape index (κ2) is 7.35. The number of hydrazone groups is 1. The van der Waals surface area contributed by atoms with Crippen molar-refractivity contribution >= 4 is 12.1 Å². The lowest BCUT2D eigenvalue weighted by Crippen LogP contribution is -2.18. The van der Waals surface area contributed by atoms with Crippen LogP contribution in [0.5, 0.6) is 11.5 Å². The Morgan fingerprint density at radius 2 is 1.74 bits per heavy atom. The van der Waals surface area contributed by atoms with E-state index in [1.807, 2.05) is 0 Å². The average molecular weight is 320 g/mol. The van der Waals surface area contributed by atoms with Crippen molar-refractivity contribution < 1.29 is 23.0 Å². The van der Waals surface area contributed by atoms with Crippen LogP contribution in [0.2, 0.25) is 0 Å². The van der Waals surface area contributed by atoms with E-state index in [-0.39, 0.29) is 11.1 Å². The van der Waals surface area contributed by atoms with Crippen molar-refractivity contribution in [3.8, 4) is 11.5 Å². The molecule has 120 valence electrons. The van der Waals surface area contributed by atoms with E-state index in [0.29, 0.717) is 11.5 Å². The van der Waals surface area contributed by atoms with Gasteiger partial charge in [-0.05, 0) is 30.3 Å². The summed E-state index contributed by atoms with van der Waals surface area (Å²) in [5.74, 6) is -1.24. The van der Waals surface area contributed by atoms with Gasteiger partial charge in [0.1, 0.15) is 11.6 Å². The summed E-state index contributed by atoms with van der Waals surface area (Å²) in [4.78, 5) is 12.0. The Labute approximate surface area is 131 Å². The highest BCUT2D eigenvalue weighted by atomic mass is 19.1. The standard InChI is InChI=1S/C16H14F2N2O3/c1-22-14-7-6-10(8-15(14)23-2)16(21)20-19-9-11-12(17)4-3-5-13(11)18/h3-9H,1-2H3,(H,20,21)/b19-9-. The average Bonchev–Trinajstić information content (AvgIpc) is 2.56. The van der Waals surface area contributed by atoms with E-state index in [2.05, 4.69) is 10.5 Å². The number of rotatable bonds is 5. The van der Waals surface area contributed by atoms with Crippen LogP contribution in [0.3, 0.4) is 0 Å². The van der Waals surface area contributed by atoms with Crippen LogP contribution in [0.4, 0.5) is 8.78 Å². The Morgan fingerprint density at radius 1 is 1.09 bits per heavy atom. The molecular weight excluding hydrogens is 306 g/mol. The minimum Gasteiger partial charge on any atom is -0.493 e. The molecule has 2 aromatic carbocycles. The number of carbonyl (C=O) groups is 1. The first-order valence-electron chi connectivity index (χ1n) is 6.56. The molecule has 0 radical (unpaired) electrons. The summed E-state index contributed by atoms with van der Waals surface area (Å²) < 4.78 is 37.0. The molecule has 23 heavy (non-hydrogen) atoms. The van der Waals surface area contributed by atoms with Crippen molar-refractivity contribution in [1.82, 2.24) is 5.43 Å². The highest BCUT2D eigenvalue weighted by Crippen LogP contribution is 2.27. The van der Waals surface area contributed by atoms with Gasteiger partial charge in [0.15, 0.2) is 11.5 Å². The lowest BCUT2D eigenvalue weighted by atomic mass is 10.2. The van der Waals surface area contributed by atoms with Gasteiger partial charge in [0, 0.05) is 5.56 Å². The van der Waals surface area contributed by atoms with Gasteiger partial charge >= 0.3 is 0 Å². The normalized spacial score (nSPS) is 10.6. The van der Waals surface area contributed by atoms with Crippen LogP contribution in [0.15, 0.2) is 41.5 Å². The van der Waals surface area contributed by atoms with Gasteiger partial charge in [-0.1, -0.05) is 6.07 Å². The summed E-state index contributed by atoms with van der Waals surface area (Å²) in [5.41, 5.74) is 2.12. The fourth-order valence-electron chi connectivity index (χ4n) is 1.83. The molecule has 2 aromatic rings. The van der Waals surface area contributed by atoms with E-state index in [9.17, 15) is 13.6 Å². The van der Waals surface area contributed by atoms with Gasteiger partial charge in [0.2, 0.25) is 0 Å². The van der Waals surface area contributed by atoms with E-state index < -0.39 is 17.5 Å². The van der Waals surface area contributed by atoms with Crippen molar-refractivity contribution in [3.05, 3.63) is 59.2 Å². The number of nitrogens with zero attached hydrogens (tertiary/aromatic N) is 1. The van der Waals surface area contributed by atoms with Crippen molar-refractivity contribution in [1.29, 1.82) is 0 Å². The number of halogens is 2. The number of amides is 1. The predicted molar refractivity (Wildman–Crippen MR) is 81.0 cm³/mol. The van der Waals surface area contributed by atoms with Crippen LogP contribution in [0.25, 0.3) is 0 Å². The third kappa shape index (κ3) is 3.82. The third-order valence-corrected chi connectivity index (χ3v) is 3.01. The van der Waals surface area contributed by atoms with Crippen LogP contribution in [-0.2, 0) is 0 Å². The van der Waals surface area contributed by atoms with Crippen molar-refractivity contribution in [2.24, 2.45) is 5.10 Å². The molecule has 2 rings (SSSR count). The minimum absolute atomic E-state index is 0.258. The van der Waals surface area contributed by atoms with Gasteiger partial charge in [-0.3, -0.25) is 4.79 Å². The number of benzene rings is 2. The van der Waals surface area contributed by atoms with Crippen molar-refractivity contribution in [2.45, 2.75) is 0 Å². The lowest BCUT2D eigenvalue weighted by Gasteiger charge is -2.08. The first kappa shape index (κ1) is 16.4. The smallest absolute Gasteiger partial charge is 0.271 e. The largest absolute Gasteiger partial charge is 0.493 e. The molecule has 0 saturated heterocycles. The molecule has 5 nitrogen and oxygen atoms in total. The van der Waals surface area contributed by atoms with Gasteiger partial charge in [-0.25, -0.2) is 14.2 Å². The van der Waals surface area contributed by atoms with E-state index in [0.717, 1.165) is 18.3 Å². The molecule has 1 N–H and O–H groups in total. The first-order chi connectivity index (χ1) is 11.1. The Balaban J connectivity index is 2.12. The highest BCUT2D eigenvalue weighted by Gasteiger charge is 2.10. The second-order valence-corrected chi connectivity index (χ2v) is 4.40. The summed E-state index contributed by atoms with van der Waals surface area (Å²) in [5, 5.41) is 3.56. The summed E-state index contributed by atoms with van der Waals surface area (Å²) in [6.45, 7) is 0. The Bertz CT molecular complexity index is 728. The van der Waals surface area contributed by atoms with Gasteiger partial charge in [-0.2, -0.15) is 5.10 Å². The molecule has 0 aliphatic rings. The number of methoxy groups -OCH3 is 2. The maximum atomic E-state index is 13.4. The maximum absolute atomic E-state index is 13.4. The van der Waals surface area contributed by atoms with Crippen LogP contribution in [0, 0.1) is 11.6 Å². The molecular formula is C16H14F2N2O3. The SMILES string of the molecule is COc1ccc(C(=O)N/N=C\c2c(F)cccc2F)cc1OC. The molecule has 0 aliphatic heterocycles. The number of nitrogens with one attached hydrogen (secondary N) is 1. The third-order valence-electron chi connectivity index (χ3n) is 3.01. The Morgan fingerprint density at radius 3 is 2.35 bits per heavy atom. The van der Waals surface area contributed by atoms with E-state index >= 15 is 0 Å². The molecule has 1 amide bonds. The van der Waals surface area contributed by atoms with Gasteiger partial charge in [0.25, 0.3) is 5.91 Å². The molecule has 0 bridgehead atoms. The van der Waals surface area contributed by atoms with E-state index in [4.69, 9.17) is 9.47 Å². The molecule has 0 spiro atoms. The lowest BCUT2D eigenvalue weighted by molar-refractivity contribution is 0.0954. The zero-order valence-electron chi connectivity index (χ0n) is 12.5. The van der Waals surface area contributed by atoms with Gasteiger partial charge in [0.05, 0.1) is 26.0 Å².